The number of methoxy groups -OCH3 is 1. The number of carboxylic acid groups (broad SMARTS) is 1. The molecule has 1 aliphatic carbocycles. The minimum absolute atomic E-state index is 0.0807. The molecule has 0 amide bonds. The number of aliphatic carboxylic acids is 1. The van der Waals surface area contributed by atoms with Crippen molar-refractivity contribution in [2.24, 2.45) is 0 Å². The summed E-state index contributed by atoms with van der Waals surface area (Å²) in [5.41, 5.74) is 1.11. The topological polar surface area (TPSA) is 113 Å². The Bertz CT molecular complexity index is 956. The number of carboxylic acids is 1. The highest BCUT2D eigenvalue weighted by molar-refractivity contribution is 6.05. The number of nitrogens with zero attached hydrogens (tertiary/aromatic N) is 1. The number of hydrogen-bond donors (Lipinski definition) is 2. The zero-order valence-corrected chi connectivity index (χ0v) is 16.7. The molecule has 1 aromatic heterocycles. The third-order valence-corrected chi connectivity index (χ3v) is 5.93. The predicted molar refractivity (Wildman–Crippen MR) is 107 cm³/mol. The molecule has 4 rings (SSSR count). The van der Waals surface area contributed by atoms with Gasteiger partial charge in [-0.2, -0.15) is 0 Å². The molecule has 158 valence electrons. The summed E-state index contributed by atoms with van der Waals surface area (Å²) in [5, 5.41) is 22.1. The van der Waals surface area contributed by atoms with Gasteiger partial charge in [-0.05, 0) is 43.4 Å². The van der Waals surface area contributed by atoms with E-state index in [1.54, 1.807) is 25.3 Å². The van der Waals surface area contributed by atoms with E-state index in [0.717, 1.165) is 25.7 Å². The van der Waals surface area contributed by atoms with Crippen LogP contribution in [0.4, 0.5) is 5.69 Å². The highest BCUT2D eigenvalue weighted by atomic mass is 16.5. The van der Waals surface area contributed by atoms with Crippen molar-refractivity contribution >= 4 is 17.4 Å². The first kappa shape index (κ1) is 20.3. The minimum Gasteiger partial charge on any atom is -0.628 e. The van der Waals surface area contributed by atoms with E-state index in [9.17, 15) is 19.9 Å². The van der Waals surface area contributed by atoms with Crippen LogP contribution in [-0.4, -0.2) is 41.1 Å². The quantitative estimate of drug-likeness (QED) is 0.671. The highest BCUT2D eigenvalue weighted by Crippen LogP contribution is 2.37. The molecule has 2 N–H and O–H groups in total. The Kier molecular flexibility index (Phi) is 5.69. The van der Waals surface area contributed by atoms with Gasteiger partial charge in [-0.1, -0.05) is 6.07 Å². The zero-order valence-electron chi connectivity index (χ0n) is 16.7. The number of fused-ring (bicyclic) bond motifs is 1. The fourth-order valence-corrected chi connectivity index (χ4v) is 4.44. The van der Waals surface area contributed by atoms with Crippen LogP contribution in [0, 0.1) is 5.21 Å². The molecular weight excluding hydrogens is 388 g/mol. The maximum Gasteiger partial charge on any atom is 0.304 e. The van der Waals surface area contributed by atoms with Crippen LogP contribution in [0.15, 0.2) is 36.7 Å². The summed E-state index contributed by atoms with van der Waals surface area (Å²) < 4.78 is 11.5. The zero-order chi connectivity index (χ0) is 21.3. The van der Waals surface area contributed by atoms with Crippen molar-refractivity contribution in [1.82, 2.24) is 4.98 Å². The van der Waals surface area contributed by atoms with Gasteiger partial charge in [0.2, 0.25) is 5.78 Å². The van der Waals surface area contributed by atoms with E-state index in [4.69, 9.17) is 9.47 Å². The molecular formula is C22H24N2O6. The fraction of sp³-hybridized carbons (Fsp3) is 0.409. The Morgan fingerprint density at radius 3 is 2.73 bits per heavy atom. The number of hydrogen-bond acceptors (Lipinski definition) is 6. The van der Waals surface area contributed by atoms with Crippen molar-refractivity contribution in [3.8, 4) is 11.5 Å². The van der Waals surface area contributed by atoms with Gasteiger partial charge in [-0.3, -0.25) is 14.6 Å². The standard InChI is InChI=1S/C22H24N2O6/c1-29-18-7-6-13(10-19(18)30-14-4-2-3-5-14)15(11-20(25)26)21-22(27)16-12-23-9-8-17(16)24(21)28/h6-10,12,14-15,21,24H,2-5,11H2,1H3,(H,25,26). The summed E-state index contributed by atoms with van der Waals surface area (Å²) in [7, 11) is 1.54. The Labute approximate surface area is 174 Å². The smallest absolute Gasteiger partial charge is 0.304 e. The third kappa shape index (κ3) is 3.76. The van der Waals surface area contributed by atoms with Crippen LogP contribution in [0.25, 0.3) is 0 Å². The first-order chi connectivity index (χ1) is 14.5. The summed E-state index contributed by atoms with van der Waals surface area (Å²) in [4.78, 5) is 28.5. The summed E-state index contributed by atoms with van der Waals surface area (Å²) in [6.45, 7) is 0. The van der Waals surface area contributed by atoms with Crippen LogP contribution in [0.5, 0.6) is 11.5 Å². The average Bonchev–Trinajstić information content (AvgIpc) is 3.33. The molecule has 0 radical (unpaired) electrons. The van der Waals surface area contributed by atoms with Gasteiger partial charge in [0.05, 0.1) is 25.6 Å². The number of ketones is 1. The van der Waals surface area contributed by atoms with Crippen molar-refractivity contribution in [3.63, 3.8) is 0 Å². The van der Waals surface area contributed by atoms with Gasteiger partial charge >= 0.3 is 5.97 Å². The van der Waals surface area contributed by atoms with Crippen molar-refractivity contribution in [2.75, 3.05) is 7.11 Å². The highest BCUT2D eigenvalue weighted by Gasteiger charge is 2.45. The van der Waals surface area contributed by atoms with Crippen molar-refractivity contribution < 1.29 is 29.2 Å². The number of carbonyl (C=O) groups is 2. The molecule has 0 saturated heterocycles. The van der Waals surface area contributed by atoms with Gasteiger partial charge in [-0.15, -0.1) is 0 Å². The van der Waals surface area contributed by atoms with Crippen LogP contribution in [0.3, 0.4) is 0 Å². The molecule has 3 atom stereocenters. The van der Waals surface area contributed by atoms with Gasteiger partial charge in [0.1, 0.15) is 11.3 Å². The number of Topliss-reactive ketones (excluding diaryl/α,β-unsaturated/α-hetero) is 1. The fourth-order valence-electron chi connectivity index (χ4n) is 4.44. The lowest BCUT2D eigenvalue weighted by molar-refractivity contribution is -0.792. The summed E-state index contributed by atoms with van der Waals surface area (Å²) >= 11 is 0. The SMILES string of the molecule is COc1ccc(C(CC(=O)O)C2C(=O)c3cnccc3[NH+]2[O-])cc1OC1CCCC1. The summed E-state index contributed by atoms with van der Waals surface area (Å²) in [6, 6.07) is 5.54. The number of rotatable bonds is 7. The molecule has 2 heterocycles. The van der Waals surface area contributed by atoms with Gasteiger partial charge in [0, 0.05) is 18.5 Å². The Hall–Kier alpha value is -2.97. The third-order valence-electron chi connectivity index (χ3n) is 5.93. The largest absolute Gasteiger partial charge is 0.628 e. The number of ether oxygens (including phenoxy) is 2. The molecule has 1 fully saturated rings. The van der Waals surface area contributed by atoms with Crippen molar-refractivity contribution in [2.45, 2.75) is 50.2 Å². The Morgan fingerprint density at radius 2 is 2.07 bits per heavy atom. The maximum absolute atomic E-state index is 13.0. The van der Waals surface area contributed by atoms with E-state index in [2.05, 4.69) is 4.98 Å². The molecule has 1 aromatic carbocycles. The number of nitrogens with one attached hydrogen (secondary N) is 1. The van der Waals surface area contributed by atoms with Gasteiger partial charge < -0.3 is 24.9 Å². The second kappa shape index (κ2) is 8.41. The number of carbonyl (C=O) groups excluding carboxylic acids is 1. The second-order valence-corrected chi connectivity index (χ2v) is 7.77. The average molecular weight is 412 g/mol. The Balaban J connectivity index is 1.71. The van der Waals surface area contributed by atoms with Gasteiger partial charge in [0.15, 0.2) is 17.5 Å². The lowest BCUT2D eigenvalue weighted by Gasteiger charge is -2.30. The number of quaternary nitrogens is 1. The summed E-state index contributed by atoms with van der Waals surface area (Å²) in [6.07, 6.45) is 6.67. The van der Waals surface area contributed by atoms with E-state index < -0.39 is 17.9 Å². The second-order valence-electron chi connectivity index (χ2n) is 7.77. The van der Waals surface area contributed by atoms with Crippen molar-refractivity contribution in [1.29, 1.82) is 0 Å². The predicted octanol–water partition coefficient (Wildman–Crippen LogP) is 2.25. The van der Waals surface area contributed by atoms with Crippen LogP contribution in [0.2, 0.25) is 0 Å². The van der Waals surface area contributed by atoms with Crippen molar-refractivity contribution in [3.05, 3.63) is 53.0 Å². The monoisotopic (exact) mass is 412 g/mol. The normalized spacial score (nSPS) is 22.0. The van der Waals surface area contributed by atoms with E-state index in [-0.39, 0.29) is 28.9 Å². The number of benzene rings is 1. The summed E-state index contributed by atoms with van der Waals surface area (Å²) in [5.74, 6) is -1.23. The lowest BCUT2D eigenvalue weighted by Crippen LogP contribution is -3.06. The maximum atomic E-state index is 13.0. The van der Waals surface area contributed by atoms with Crippen LogP contribution in [-0.2, 0) is 4.79 Å². The number of aromatic nitrogens is 1. The molecule has 0 bridgehead atoms. The Morgan fingerprint density at radius 1 is 1.30 bits per heavy atom. The first-order valence-corrected chi connectivity index (χ1v) is 10.1. The van der Waals surface area contributed by atoms with E-state index >= 15 is 0 Å². The van der Waals surface area contributed by atoms with E-state index in [0.29, 0.717) is 22.7 Å². The molecule has 30 heavy (non-hydrogen) atoms. The number of pyridine rings is 1. The lowest BCUT2D eigenvalue weighted by atomic mass is 9.86. The molecule has 1 aliphatic heterocycles. The molecule has 2 aliphatic rings. The van der Waals surface area contributed by atoms with E-state index in [1.165, 1.54) is 18.5 Å². The molecule has 3 unspecified atom stereocenters. The molecule has 1 saturated carbocycles. The minimum atomic E-state index is -1.09. The molecule has 8 heteroatoms. The van der Waals surface area contributed by atoms with E-state index in [1.807, 2.05) is 0 Å². The van der Waals surface area contributed by atoms with Gasteiger partial charge in [0.25, 0.3) is 0 Å². The van der Waals surface area contributed by atoms with Crippen LogP contribution in [0.1, 0.15) is 53.9 Å². The first-order valence-electron chi connectivity index (χ1n) is 10.1. The van der Waals surface area contributed by atoms with Crippen LogP contribution < -0.4 is 14.5 Å². The number of hydroxylamine groups is 1. The molecule has 2 aromatic rings. The molecule has 8 nitrogen and oxygen atoms in total. The van der Waals surface area contributed by atoms with Crippen LogP contribution >= 0.6 is 0 Å². The molecule has 0 spiro atoms. The van der Waals surface area contributed by atoms with Gasteiger partial charge in [-0.25, -0.2) is 0 Å².